The average molecular weight is 393 g/mol. The molecule has 0 atom stereocenters. The van der Waals surface area contributed by atoms with E-state index in [1.54, 1.807) is 18.5 Å². The number of hydrogen-bond donors (Lipinski definition) is 1. The van der Waals surface area contributed by atoms with Gasteiger partial charge >= 0.3 is 5.97 Å². The van der Waals surface area contributed by atoms with Crippen LogP contribution in [0.15, 0.2) is 17.1 Å². The summed E-state index contributed by atoms with van der Waals surface area (Å²) in [6, 6.07) is 1.44. The van der Waals surface area contributed by atoms with Gasteiger partial charge in [0.1, 0.15) is 0 Å². The number of anilines is 1. The largest absolute Gasteiger partial charge is 0.478 e. The Labute approximate surface area is 161 Å². The molecule has 27 heavy (non-hydrogen) atoms. The highest BCUT2D eigenvalue weighted by molar-refractivity contribution is 7.16. The molecular weight excluding hydrogens is 370 g/mol. The number of nitrogens with one attached hydrogen (secondary N) is 1. The number of carbonyl (C=O) groups is 2. The van der Waals surface area contributed by atoms with Crippen molar-refractivity contribution < 1.29 is 19.1 Å². The Bertz CT molecular complexity index is 901. The molecule has 2 aromatic heterocycles. The van der Waals surface area contributed by atoms with Gasteiger partial charge in [0.05, 0.1) is 7.11 Å². The van der Waals surface area contributed by atoms with E-state index in [1.807, 2.05) is 13.8 Å². The molecule has 2 heterocycles. The Hall–Kier alpha value is -2.68. The highest BCUT2D eigenvalue weighted by atomic mass is 32.1. The quantitative estimate of drug-likeness (QED) is 0.724. The van der Waals surface area contributed by atoms with Crippen molar-refractivity contribution in [3.05, 3.63) is 38.8 Å². The van der Waals surface area contributed by atoms with E-state index in [0.29, 0.717) is 12.3 Å². The van der Waals surface area contributed by atoms with Gasteiger partial charge in [-0.1, -0.05) is 13.8 Å². The molecule has 0 aliphatic carbocycles. The van der Waals surface area contributed by atoms with Crippen LogP contribution in [-0.2, 0) is 23.0 Å². The van der Waals surface area contributed by atoms with Crippen molar-refractivity contribution in [3.63, 3.8) is 0 Å². The van der Waals surface area contributed by atoms with Gasteiger partial charge in [0.2, 0.25) is 5.43 Å². The molecule has 1 N–H and O–H groups in total. The van der Waals surface area contributed by atoms with Crippen LogP contribution in [0.1, 0.15) is 34.9 Å². The lowest BCUT2D eigenvalue weighted by Crippen LogP contribution is -2.22. The number of esters is 1. The molecule has 0 bridgehead atoms. The Kier molecular flexibility index (Phi) is 6.73. The van der Waals surface area contributed by atoms with E-state index in [-0.39, 0.29) is 28.6 Å². The SMILES string of the molecule is COC(=O)c1nc(NC(=O)COc2cn(C)c(C)cc2=O)sc1CC(C)C. The Morgan fingerprint density at radius 1 is 1.37 bits per heavy atom. The predicted molar refractivity (Wildman–Crippen MR) is 103 cm³/mol. The van der Waals surface area contributed by atoms with Crippen molar-refractivity contribution in [1.29, 1.82) is 0 Å². The minimum absolute atomic E-state index is 0.0909. The topological polar surface area (TPSA) is 99.5 Å². The molecule has 0 radical (unpaired) electrons. The van der Waals surface area contributed by atoms with Crippen LogP contribution in [0.25, 0.3) is 0 Å². The van der Waals surface area contributed by atoms with Gasteiger partial charge in [0, 0.05) is 29.9 Å². The molecule has 146 valence electrons. The highest BCUT2D eigenvalue weighted by Crippen LogP contribution is 2.26. The molecule has 0 aliphatic rings. The number of rotatable bonds is 7. The number of methoxy groups -OCH3 is 1. The third-order valence-electron chi connectivity index (χ3n) is 3.72. The van der Waals surface area contributed by atoms with E-state index in [9.17, 15) is 14.4 Å². The zero-order valence-corrected chi connectivity index (χ0v) is 16.8. The summed E-state index contributed by atoms with van der Waals surface area (Å²) in [5.41, 5.74) is 0.701. The summed E-state index contributed by atoms with van der Waals surface area (Å²) in [6.45, 7) is 5.50. The number of aromatic nitrogens is 2. The molecule has 1 amide bonds. The molecule has 0 saturated carbocycles. The van der Waals surface area contributed by atoms with E-state index in [0.717, 1.165) is 10.6 Å². The van der Waals surface area contributed by atoms with Crippen molar-refractivity contribution in [3.8, 4) is 5.75 Å². The third-order valence-corrected chi connectivity index (χ3v) is 4.72. The highest BCUT2D eigenvalue weighted by Gasteiger charge is 2.20. The molecule has 0 spiro atoms. The first-order chi connectivity index (χ1) is 12.7. The van der Waals surface area contributed by atoms with Gasteiger partial charge in [0.25, 0.3) is 5.91 Å². The maximum absolute atomic E-state index is 12.1. The molecule has 0 unspecified atom stereocenters. The van der Waals surface area contributed by atoms with Gasteiger partial charge < -0.3 is 14.0 Å². The first-order valence-corrected chi connectivity index (χ1v) is 9.20. The second-order valence-corrected chi connectivity index (χ2v) is 7.56. The summed E-state index contributed by atoms with van der Waals surface area (Å²) in [4.78, 5) is 40.8. The van der Waals surface area contributed by atoms with Gasteiger partial charge in [-0.3, -0.25) is 14.9 Å². The monoisotopic (exact) mass is 393 g/mol. The van der Waals surface area contributed by atoms with E-state index >= 15 is 0 Å². The normalized spacial score (nSPS) is 10.7. The molecular formula is C18H23N3O5S. The van der Waals surface area contributed by atoms with Gasteiger partial charge in [-0.25, -0.2) is 9.78 Å². The van der Waals surface area contributed by atoms with E-state index in [1.165, 1.54) is 30.7 Å². The second-order valence-electron chi connectivity index (χ2n) is 6.47. The second kappa shape index (κ2) is 8.81. The summed E-state index contributed by atoms with van der Waals surface area (Å²) in [6.07, 6.45) is 2.18. The van der Waals surface area contributed by atoms with E-state index in [4.69, 9.17) is 9.47 Å². The van der Waals surface area contributed by atoms with Crippen molar-refractivity contribution in [1.82, 2.24) is 9.55 Å². The zero-order valence-electron chi connectivity index (χ0n) is 16.0. The molecule has 9 heteroatoms. The lowest BCUT2D eigenvalue weighted by Gasteiger charge is -2.08. The number of ether oxygens (including phenoxy) is 2. The summed E-state index contributed by atoms with van der Waals surface area (Å²) >= 11 is 1.22. The van der Waals surface area contributed by atoms with Crippen molar-refractivity contribution in [2.24, 2.45) is 13.0 Å². The van der Waals surface area contributed by atoms with Crippen LogP contribution < -0.4 is 15.5 Å². The maximum Gasteiger partial charge on any atom is 0.357 e. The minimum atomic E-state index is -0.540. The van der Waals surface area contributed by atoms with Crippen molar-refractivity contribution in [2.75, 3.05) is 19.0 Å². The van der Waals surface area contributed by atoms with E-state index < -0.39 is 11.9 Å². The molecule has 2 rings (SSSR count). The first-order valence-electron chi connectivity index (χ1n) is 8.39. The van der Waals surface area contributed by atoms with Gasteiger partial charge in [-0.05, 0) is 19.3 Å². The Morgan fingerprint density at radius 3 is 2.70 bits per heavy atom. The number of thiazole rings is 1. The smallest absolute Gasteiger partial charge is 0.357 e. The van der Waals surface area contributed by atoms with Gasteiger partial charge in [0.15, 0.2) is 23.2 Å². The van der Waals surface area contributed by atoms with Crippen LogP contribution in [-0.4, -0.2) is 35.1 Å². The molecule has 0 saturated heterocycles. The standard InChI is InChI=1S/C18H23N3O5S/c1-10(2)6-14-16(17(24)25-5)20-18(27-14)19-15(23)9-26-13-8-21(4)11(3)7-12(13)22/h7-8,10H,6,9H2,1-5H3,(H,19,20,23). The third kappa shape index (κ3) is 5.40. The Morgan fingerprint density at radius 2 is 2.07 bits per heavy atom. The predicted octanol–water partition coefficient (Wildman–Crippen LogP) is 2.15. The summed E-state index contributed by atoms with van der Waals surface area (Å²) < 4.78 is 11.8. The van der Waals surface area contributed by atoms with Crippen LogP contribution >= 0.6 is 11.3 Å². The Balaban J connectivity index is 2.07. The number of aryl methyl sites for hydroxylation is 2. The van der Waals surface area contributed by atoms with Gasteiger partial charge in [-0.15, -0.1) is 11.3 Å². The lowest BCUT2D eigenvalue weighted by molar-refractivity contribution is -0.118. The van der Waals surface area contributed by atoms with Gasteiger partial charge in [-0.2, -0.15) is 0 Å². The molecule has 0 fully saturated rings. The van der Waals surface area contributed by atoms with Crippen LogP contribution in [0.2, 0.25) is 0 Å². The van der Waals surface area contributed by atoms with Crippen molar-refractivity contribution in [2.45, 2.75) is 27.2 Å². The zero-order chi connectivity index (χ0) is 20.1. The number of amides is 1. The fourth-order valence-electron chi connectivity index (χ4n) is 2.28. The fourth-order valence-corrected chi connectivity index (χ4v) is 3.46. The van der Waals surface area contributed by atoms with E-state index in [2.05, 4.69) is 10.3 Å². The molecule has 0 aromatic carbocycles. The van der Waals surface area contributed by atoms with Crippen LogP contribution in [0.5, 0.6) is 5.75 Å². The molecule has 0 aliphatic heterocycles. The summed E-state index contributed by atoms with van der Waals surface area (Å²) in [7, 11) is 3.07. The summed E-state index contributed by atoms with van der Waals surface area (Å²) in [5, 5.41) is 2.89. The van der Waals surface area contributed by atoms with Crippen molar-refractivity contribution >= 4 is 28.3 Å². The lowest BCUT2D eigenvalue weighted by atomic mass is 10.1. The molecule has 2 aromatic rings. The van der Waals surface area contributed by atoms with Crippen LogP contribution in [0.4, 0.5) is 5.13 Å². The fraction of sp³-hybridized carbons (Fsp3) is 0.444. The first kappa shape index (κ1) is 20.6. The number of carbonyl (C=O) groups excluding carboxylic acids is 2. The average Bonchev–Trinajstić information content (AvgIpc) is 2.97. The van der Waals surface area contributed by atoms with Crippen LogP contribution in [0.3, 0.4) is 0 Å². The number of pyridine rings is 1. The molecule has 8 nitrogen and oxygen atoms in total. The summed E-state index contributed by atoms with van der Waals surface area (Å²) in [5.74, 6) is -0.604. The number of nitrogens with zero attached hydrogens (tertiary/aromatic N) is 2. The maximum atomic E-state index is 12.1. The van der Waals surface area contributed by atoms with Crippen LogP contribution in [0, 0.1) is 12.8 Å². The number of hydrogen-bond acceptors (Lipinski definition) is 7. The minimum Gasteiger partial charge on any atom is -0.478 e.